The Hall–Kier alpha value is -3.34. The molecule has 2 rings (SSSR count). The fraction of sp³-hybridized carbons (Fsp3) is 0.182. The van der Waals surface area contributed by atoms with Crippen molar-refractivity contribution < 1.29 is 23.8 Å². The second-order valence-corrected chi connectivity index (χ2v) is 6.15. The maximum atomic E-state index is 11.5. The molecule has 0 spiro atoms. The molecule has 0 aromatic heterocycles. The minimum atomic E-state index is -0.489. The smallest absolute Gasteiger partial charge is 0.338 e. The van der Waals surface area contributed by atoms with E-state index in [1.54, 1.807) is 26.0 Å². The third-order valence-electron chi connectivity index (χ3n) is 3.67. The van der Waals surface area contributed by atoms with Crippen LogP contribution in [0.15, 0.2) is 66.8 Å². The van der Waals surface area contributed by atoms with Gasteiger partial charge < -0.3 is 14.2 Å². The number of benzene rings is 2. The third-order valence-corrected chi connectivity index (χ3v) is 3.67. The Balaban J connectivity index is 2.04. The summed E-state index contributed by atoms with van der Waals surface area (Å²) in [4.78, 5) is 22.9. The van der Waals surface area contributed by atoms with Gasteiger partial charge in [0.1, 0.15) is 11.5 Å². The minimum Gasteiger partial charge on any atom is -0.457 e. The van der Waals surface area contributed by atoms with Crippen LogP contribution in [0.3, 0.4) is 0 Å². The van der Waals surface area contributed by atoms with E-state index in [1.807, 2.05) is 37.3 Å². The summed E-state index contributed by atoms with van der Waals surface area (Å²) in [7, 11) is 0. The van der Waals surface area contributed by atoms with Crippen LogP contribution in [0.4, 0.5) is 0 Å². The highest BCUT2D eigenvalue weighted by Crippen LogP contribution is 2.27. The van der Waals surface area contributed by atoms with Crippen molar-refractivity contribution in [2.24, 2.45) is 0 Å². The molecule has 0 N–H and O–H groups in total. The lowest BCUT2D eigenvalue weighted by Crippen LogP contribution is -2.11. The van der Waals surface area contributed by atoms with Gasteiger partial charge in [-0.2, -0.15) is 0 Å². The molecule has 2 aromatic carbocycles. The second-order valence-electron chi connectivity index (χ2n) is 6.15. The van der Waals surface area contributed by atoms with Gasteiger partial charge in [0.2, 0.25) is 6.79 Å². The van der Waals surface area contributed by atoms with Crippen molar-refractivity contribution >= 4 is 11.9 Å². The predicted molar refractivity (Wildman–Crippen MR) is 103 cm³/mol. The zero-order valence-electron chi connectivity index (χ0n) is 15.7. The summed E-state index contributed by atoms with van der Waals surface area (Å²) < 4.78 is 15.6. The van der Waals surface area contributed by atoms with Crippen molar-refractivity contribution in [2.75, 3.05) is 6.79 Å². The SMILES string of the molecule is C=C(C)C(=O)OCOc1ccc(-c2ccc(OC(=O)C(=C)C)cc2)cc1C. The van der Waals surface area contributed by atoms with E-state index in [1.165, 1.54) is 0 Å². The number of ether oxygens (including phenoxy) is 3. The molecule has 5 heteroatoms. The van der Waals surface area contributed by atoms with E-state index >= 15 is 0 Å². The Morgan fingerprint density at radius 3 is 2.04 bits per heavy atom. The topological polar surface area (TPSA) is 61.8 Å². The van der Waals surface area contributed by atoms with Crippen molar-refractivity contribution in [1.82, 2.24) is 0 Å². The summed E-state index contributed by atoms with van der Waals surface area (Å²) in [5, 5.41) is 0. The van der Waals surface area contributed by atoms with Crippen molar-refractivity contribution in [3.05, 3.63) is 72.3 Å². The summed E-state index contributed by atoms with van der Waals surface area (Å²) in [6.45, 7) is 12.0. The van der Waals surface area contributed by atoms with E-state index in [9.17, 15) is 9.59 Å². The van der Waals surface area contributed by atoms with Gasteiger partial charge >= 0.3 is 11.9 Å². The van der Waals surface area contributed by atoms with Crippen LogP contribution in [-0.4, -0.2) is 18.7 Å². The van der Waals surface area contributed by atoms with Gasteiger partial charge in [-0.1, -0.05) is 31.4 Å². The first-order chi connectivity index (χ1) is 12.8. The van der Waals surface area contributed by atoms with Crippen molar-refractivity contribution in [3.63, 3.8) is 0 Å². The highest BCUT2D eigenvalue weighted by atomic mass is 16.7. The maximum Gasteiger partial charge on any atom is 0.338 e. The predicted octanol–water partition coefficient (Wildman–Crippen LogP) is 4.60. The number of carbonyl (C=O) groups is 2. The van der Waals surface area contributed by atoms with Gasteiger partial charge in [0.25, 0.3) is 0 Å². The summed E-state index contributed by atoms with van der Waals surface area (Å²) in [5.41, 5.74) is 3.52. The Morgan fingerprint density at radius 1 is 0.889 bits per heavy atom. The highest BCUT2D eigenvalue weighted by molar-refractivity contribution is 5.88. The average Bonchev–Trinajstić information content (AvgIpc) is 2.63. The molecule has 140 valence electrons. The Kier molecular flexibility index (Phi) is 6.55. The van der Waals surface area contributed by atoms with Crippen molar-refractivity contribution in [3.8, 4) is 22.6 Å². The molecule has 0 aliphatic rings. The van der Waals surface area contributed by atoms with Crippen molar-refractivity contribution in [1.29, 1.82) is 0 Å². The lowest BCUT2D eigenvalue weighted by molar-refractivity contribution is -0.145. The van der Waals surface area contributed by atoms with Gasteiger partial charge in [-0.25, -0.2) is 9.59 Å². The van der Waals surface area contributed by atoms with E-state index in [0.29, 0.717) is 22.6 Å². The summed E-state index contributed by atoms with van der Waals surface area (Å²) in [6, 6.07) is 12.9. The van der Waals surface area contributed by atoms with Crippen LogP contribution < -0.4 is 9.47 Å². The minimum absolute atomic E-state index is 0.172. The molecule has 0 heterocycles. The average molecular weight is 366 g/mol. The number of aryl methyl sites for hydroxylation is 1. The van der Waals surface area contributed by atoms with Gasteiger partial charge in [0, 0.05) is 11.1 Å². The Bertz CT molecular complexity index is 878. The lowest BCUT2D eigenvalue weighted by Gasteiger charge is -2.11. The van der Waals surface area contributed by atoms with Crippen LogP contribution >= 0.6 is 0 Å². The summed E-state index contributed by atoms with van der Waals surface area (Å²) >= 11 is 0. The second kappa shape index (κ2) is 8.85. The number of carbonyl (C=O) groups excluding carboxylic acids is 2. The molecule has 0 atom stereocenters. The first kappa shape index (κ1) is 20.0. The zero-order valence-corrected chi connectivity index (χ0v) is 15.7. The maximum absolute atomic E-state index is 11.5. The molecule has 0 saturated carbocycles. The molecule has 0 saturated heterocycles. The number of hydrogen-bond acceptors (Lipinski definition) is 5. The van der Waals surface area contributed by atoms with Gasteiger partial charge in [0.05, 0.1) is 0 Å². The van der Waals surface area contributed by atoms with Crippen LogP contribution in [0.5, 0.6) is 11.5 Å². The fourth-order valence-corrected chi connectivity index (χ4v) is 2.17. The van der Waals surface area contributed by atoms with Crippen LogP contribution in [-0.2, 0) is 14.3 Å². The molecule has 27 heavy (non-hydrogen) atoms. The number of rotatable bonds is 7. The van der Waals surface area contributed by atoms with Gasteiger partial charge in [-0.05, 0) is 61.7 Å². The molecule has 0 unspecified atom stereocenters. The highest BCUT2D eigenvalue weighted by Gasteiger charge is 2.08. The van der Waals surface area contributed by atoms with E-state index in [4.69, 9.17) is 14.2 Å². The van der Waals surface area contributed by atoms with Gasteiger partial charge in [-0.15, -0.1) is 0 Å². The molecular weight excluding hydrogens is 344 g/mol. The molecular formula is C22H22O5. The first-order valence-electron chi connectivity index (χ1n) is 8.32. The summed E-state index contributed by atoms with van der Waals surface area (Å²) in [6.07, 6.45) is 0. The third kappa shape index (κ3) is 5.57. The van der Waals surface area contributed by atoms with Gasteiger partial charge in [-0.3, -0.25) is 0 Å². The zero-order chi connectivity index (χ0) is 20.0. The fourth-order valence-electron chi connectivity index (χ4n) is 2.17. The first-order valence-corrected chi connectivity index (χ1v) is 8.32. The summed E-state index contributed by atoms with van der Waals surface area (Å²) in [5.74, 6) is 0.146. The van der Waals surface area contributed by atoms with E-state index < -0.39 is 11.9 Å². The Labute approximate surface area is 158 Å². The largest absolute Gasteiger partial charge is 0.457 e. The van der Waals surface area contributed by atoms with E-state index in [0.717, 1.165) is 16.7 Å². The molecule has 0 radical (unpaired) electrons. The lowest BCUT2D eigenvalue weighted by atomic mass is 10.0. The van der Waals surface area contributed by atoms with Crippen LogP contribution in [0, 0.1) is 6.92 Å². The van der Waals surface area contributed by atoms with Crippen LogP contribution in [0.25, 0.3) is 11.1 Å². The quantitative estimate of drug-likeness (QED) is 0.310. The van der Waals surface area contributed by atoms with Gasteiger partial charge in [0.15, 0.2) is 0 Å². The van der Waals surface area contributed by atoms with E-state index in [-0.39, 0.29) is 6.79 Å². The molecule has 0 aliphatic carbocycles. The number of hydrogen-bond donors (Lipinski definition) is 0. The van der Waals surface area contributed by atoms with E-state index in [2.05, 4.69) is 13.2 Å². The molecule has 2 aromatic rings. The molecule has 0 amide bonds. The molecule has 0 bridgehead atoms. The normalized spacial score (nSPS) is 10.0. The Morgan fingerprint density at radius 2 is 1.48 bits per heavy atom. The molecule has 5 nitrogen and oxygen atoms in total. The molecule has 0 fully saturated rings. The number of esters is 2. The van der Waals surface area contributed by atoms with Crippen LogP contribution in [0.1, 0.15) is 19.4 Å². The molecule has 0 aliphatic heterocycles. The standard InChI is InChI=1S/C22H22O5/c1-14(2)21(23)26-13-25-20-11-8-18(12-16(20)5)17-6-9-19(10-7-17)27-22(24)15(3)4/h6-12H,1,3,13H2,2,4-5H3. The van der Waals surface area contributed by atoms with Crippen LogP contribution in [0.2, 0.25) is 0 Å². The van der Waals surface area contributed by atoms with Crippen molar-refractivity contribution in [2.45, 2.75) is 20.8 Å². The monoisotopic (exact) mass is 366 g/mol.